The van der Waals surface area contributed by atoms with E-state index < -0.39 is 106 Å². The maximum atomic E-state index is 14.8. The second-order valence-electron chi connectivity index (χ2n) is 11.8. The molecule has 4 rings (SSSR count). The Bertz CT molecular complexity index is 1830. The van der Waals surface area contributed by atoms with Gasteiger partial charge in [0.25, 0.3) is 17.3 Å². The van der Waals surface area contributed by atoms with Gasteiger partial charge in [0.1, 0.15) is 18.8 Å². The second kappa shape index (κ2) is 15.8. The third kappa shape index (κ3) is 8.52. The number of carbonyl (C=O) groups excluding carboxylic acids is 7. The molecule has 2 aromatic carbocycles. The molecule has 1 N–H and O–H groups in total. The number of amides is 4. The van der Waals surface area contributed by atoms with Crippen LogP contribution in [0.5, 0.6) is 0 Å². The fourth-order valence-electron chi connectivity index (χ4n) is 6.01. The highest BCUT2D eigenvalue weighted by Crippen LogP contribution is 2.46. The van der Waals surface area contributed by atoms with Gasteiger partial charge in [0.05, 0.1) is 21.6 Å². The first-order valence-corrected chi connectivity index (χ1v) is 15.6. The van der Waals surface area contributed by atoms with E-state index in [4.69, 9.17) is 23.7 Å². The minimum Gasteiger partial charge on any atom is -0.462 e. The van der Waals surface area contributed by atoms with Crippen LogP contribution in [0.4, 0.5) is 27.5 Å². The summed E-state index contributed by atoms with van der Waals surface area (Å²) >= 11 is 0. The van der Waals surface area contributed by atoms with Crippen LogP contribution in [0.2, 0.25) is 0 Å². The number of nitrogens with zero attached hydrogens (tertiary/aromatic N) is 4. The van der Waals surface area contributed by atoms with Crippen molar-refractivity contribution in [1.82, 2.24) is 5.32 Å². The van der Waals surface area contributed by atoms with Crippen LogP contribution >= 0.6 is 0 Å². The highest BCUT2D eigenvalue weighted by atomic mass is 16.6. The van der Waals surface area contributed by atoms with Crippen molar-refractivity contribution in [3.63, 3.8) is 0 Å². The van der Waals surface area contributed by atoms with Crippen LogP contribution in [-0.4, -0.2) is 94.4 Å². The normalized spacial score (nSPS) is 22.0. The van der Waals surface area contributed by atoms with Gasteiger partial charge in [-0.25, -0.2) is 9.69 Å². The van der Waals surface area contributed by atoms with Gasteiger partial charge in [-0.1, -0.05) is 0 Å². The summed E-state index contributed by atoms with van der Waals surface area (Å²) in [5.74, 6) is -5.67. The molecule has 1 spiro atoms. The molecule has 0 aromatic heterocycles. The van der Waals surface area contributed by atoms with Crippen LogP contribution in [0.3, 0.4) is 0 Å². The number of esters is 4. The summed E-state index contributed by atoms with van der Waals surface area (Å²) in [5.41, 5.74) is -3.74. The number of hydrogen-bond acceptors (Lipinski definition) is 16. The fraction of sp³-hybridized carbons (Fsp3) is 0.406. The van der Waals surface area contributed by atoms with Crippen LogP contribution in [0.1, 0.15) is 41.0 Å². The lowest BCUT2D eigenvalue weighted by atomic mass is 9.86. The van der Waals surface area contributed by atoms with Crippen molar-refractivity contribution in [2.45, 2.75) is 77.2 Å². The second-order valence-corrected chi connectivity index (χ2v) is 11.8. The molecule has 0 saturated carbocycles. The molecule has 2 aromatic rings. The first-order chi connectivity index (χ1) is 24.9. The Balaban J connectivity index is 2.02. The number of nitro benzene ring substituents is 2. The number of ether oxygens (including phenoxy) is 5. The van der Waals surface area contributed by atoms with Gasteiger partial charge >= 0.3 is 29.9 Å². The van der Waals surface area contributed by atoms with Crippen molar-refractivity contribution < 1.29 is 67.1 Å². The molecule has 6 atom stereocenters. The molecule has 0 unspecified atom stereocenters. The molecule has 2 fully saturated rings. The molecule has 0 radical (unpaired) electrons. The van der Waals surface area contributed by atoms with Crippen LogP contribution < -0.4 is 15.1 Å². The number of rotatable bonds is 12. The minimum atomic E-state index is -2.60. The van der Waals surface area contributed by atoms with E-state index in [-0.39, 0.29) is 17.1 Å². The molecule has 21 heteroatoms. The first kappa shape index (κ1) is 39.3. The zero-order valence-corrected chi connectivity index (χ0v) is 28.7. The predicted octanol–water partition coefficient (Wildman–Crippen LogP) is 1.82. The van der Waals surface area contributed by atoms with E-state index >= 15 is 0 Å². The molecule has 2 aliphatic heterocycles. The highest BCUT2D eigenvalue weighted by Gasteiger charge is 2.67. The third-order valence-electron chi connectivity index (χ3n) is 7.93. The Morgan fingerprint density at radius 1 is 0.830 bits per heavy atom. The average Bonchev–Trinajstić information content (AvgIpc) is 3.26. The lowest BCUT2D eigenvalue weighted by molar-refractivity contribution is -0.385. The van der Waals surface area contributed by atoms with E-state index in [0.717, 1.165) is 88.0 Å². The van der Waals surface area contributed by atoms with Crippen molar-refractivity contribution in [2.75, 3.05) is 16.4 Å². The smallest absolute Gasteiger partial charge is 0.338 e. The van der Waals surface area contributed by atoms with E-state index in [1.807, 2.05) is 0 Å². The maximum Gasteiger partial charge on any atom is 0.338 e. The molecule has 282 valence electrons. The molecule has 4 amide bonds. The number of urea groups is 1. The van der Waals surface area contributed by atoms with E-state index in [1.54, 1.807) is 0 Å². The number of hydrogen-bond donors (Lipinski definition) is 1. The lowest BCUT2D eigenvalue weighted by Crippen LogP contribution is -2.71. The Morgan fingerprint density at radius 3 is 1.81 bits per heavy atom. The van der Waals surface area contributed by atoms with Gasteiger partial charge in [-0.15, -0.1) is 0 Å². The van der Waals surface area contributed by atoms with Crippen LogP contribution in [0, 0.1) is 20.2 Å². The Kier molecular flexibility index (Phi) is 11.7. The van der Waals surface area contributed by atoms with Crippen molar-refractivity contribution in [2.24, 2.45) is 0 Å². The van der Waals surface area contributed by atoms with Crippen LogP contribution in [-0.2, 0) is 52.5 Å². The zero-order valence-electron chi connectivity index (χ0n) is 28.7. The van der Waals surface area contributed by atoms with Crippen LogP contribution in [0.15, 0.2) is 48.5 Å². The monoisotopic (exact) mass is 743 g/mol. The number of benzene rings is 2. The van der Waals surface area contributed by atoms with Gasteiger partial charge in [0, 0.05) is 71.0 Å². The Hall–Kier alpha value is -6.51. The van der Waals surface area contributed by atoms with Crippen LogP contribution in [0.25, 0.3) is 0 Å². The summed E-state index contributed by atoms with van der Waals surface area (Å²) in [5, 5.41) is 25.3. The Morgan fingerprint density at radius 2 is 1.36 bits per heavy atom. The minimum absolute atomic E-state index is 0.169. The summed E-state index contributed by atoms with van der Waals surface area (Å²) in [6, 6.07) is 5.87. The van der Waals surface area contributed by atoms with Crippen molar-refractivity contribution in [1.29, 1.82) is 0 Å². The summed E-state index contributed by atoms with van der Waals surface area (Å²) in [7, 11) is 0. The van der Waals surface area contributed by atoms with Crippen molar-refractivity contribution in [3.05, 3.63) is 68.8 Å². The molecule has 2 heterocycles. The van der Waals surface area contributed by atoms with E-state index in [1.165, 1.54) is 0 Å². The average molecular weight is 744 g/mol. The number of anilines is 2. The molecule has 0 aliphatic carbocycles. The maximum absolute atomic E-state index is 14.8. The Labute approximate surface area is 299 Å². The number of nitrogens with one attached hydrogen (secondary N) is 1. The molecule has 2 saturated heterocycles. The fourth-order valence-corrected chi connectivity index (χ4v) is 6.01. The summed E-state index contributed by atoms with van der Waals surface area (Å²) in [6.07, 6.45) is -7.74. The lowest BCUT2D eigenvalue weighted by Gasteiger charge is -2.50. The molecular formula is C32H33N5O16. The van der Waals surface area contributed by atoms with Gasteiger partial charge < -0.3 is 29.0 Å². The van der Waals surface area contributed by atoms with Crippen molar-refractivity contribution >= 4 is 64.5 Å². The number of non-ortho nitro benzene ring substituents is 2. The number of carbonyl (C=O) groups is 7. The highest BCUT2D eigenvalue weighted by molar-refractivity contribution is 6.30. The molecule has 21 nitrogen and oxygen atoms in total. The standard InChI is InChI=1S/C32H33N5O16/c1-16(38)33-27-25(50-18(3)40)14-32(53-29(27)28(52-20(5)42)26(51-19(4)41)15-49-17(2)39)30(43)34(21-6-10-23(11-7-21)36(45)46)31(44)35(32)22-8-12-24(13-9-22)37(47)48/h6-13,25-29H,14-15H2,1-5H3,(H,33,38)/t25-,26+,27+,28+,29+,32+/m0/s1. The van der Waals surface area contributed by atoms with Gasteiger partial charge in [0.2, 0.25) is 11.6 Å². The van der Waals surface area contributed by atoms with E-state index in [2.05, 4.69) is 5.32 Å². The summed E-state index contributed by atoms with van der Waals surface area (Å²) in [6.45, 7) is 4.32. The molecule has 2 aliphatic rings. The topological polar surface area (TPSA) is 270 Å². The SMILES string of the molecule is CC(=O)N[C@H]1[C@H]([C@H](OC(C)=O)[C@@H](COC(C)=O)OC(C)=O)O[C@]2(C[C@@H]1OC(C)=O)C(=O)N(c1ccc([N+](=O)[O-])cc1)C(=O)N2c1ccc([N+](=O)[O-])cc1. The number of imide groups is 1. The molecule has 0 bridgehead atoms. The molecule has 53 heavy (non-hydrogen) atoms. The number of nitro groups is 2. The van der Waals surface area contributed by atoms with E-state index in [0.29, 0.717) is 4.90 Å². The van der Waals surface area contributed by atoms with Gasteiger partial charge in [-0.05, 0) is 24.3 Å². The summed E-state index contributed by atoms with van der Waals surface area (Å²) < 4.78 is 28.1. The zero-order chi connectivity index (χ0) is 39.4. The third-order valence-corrected chi connectivity index (χ3v) is 7.93. The summed E-state index contributed by atoms with van der Waals surface area (Å²) in [4.78, 5) is 114. The van der Waals surface area contributed by atoms with Gasteiger partial charge in [0.15, 0.2) is 12.2 Å². The quantitative estimate of drug-likeness (QED) is 0.107. The first-order valence-electron chi connectivity index (χ1n) is 15.6. The largest absolute Gasteiger partial charge is 0.462 e. The predicted molar refractivity (Wildman–Crippen MR) is 175 cm³/mol. The molecular weight excluding hydrogens is 710 g/mol. The van der Waals surface area contributed by atoms with E-state index in [9.17, 15) is 53.8 Å². The van der Waals surface area contributed by atoms with Gasteiger partial charge in [-0.3, -0.25) is 53.9 Å². The van der Waals surface area contributed by atoms with Gasteiger partial charge in [-0.2, -0.15) is 0 Å². The van der Waals surface area contributed by atoms with Crippen molar-refractivity contribution in [3.8, 4) is 0 Å².